The van der Waals surface area contributed by atoms with Crippen LogP contribution in [0.2, 0.25) is 0 Å². The van der Waals surface area contributed by atoms with Crippen LogP contribution in [0.3, 0.4) is 0 Å². The van der Waals surface area contributed by atoms with Crippen molar-refractivity contribution < 1.29 is 12.8 Å². The highest BCUT2D eigenvalue weighted by Crippen LogP contribution is 2.32. The maximum absolute atomic E-state index is 14.5. The number of nitrogens with one attached hydrogen (secondary N) is 1. The molecule has 4 aromatic rings. The normalized spacial score (nSPS) is 11.8. The number of nitrogen functional groups attached to an aromatic ring is 1. The quantitative estimate of drug-likeness (QED) is 0.484. The number of H-pyrrole nitrogens is 1. The van der Waals surface area contributed by atoms with Crippen LogP contribution in [0.25, 0.3) is 33.3 Å². The Bertz CT molecular complexity index is 1320. The number of rotatable bonds is 3. The van der Waals surface area contributed by atoms with E-state index in [4.69, 9.17) is 5.73 Å². The molecule has 4 nitrogen and oxygen atoms in total. The molecular formula is C22H19FN2O2S. The van der Waals surface area contributed by atoms with E-state index < -0.39 is 15.7 Å². The van der Waals surface area contributed by atoms with E-state index >= 15 is 0 Å². The van der Waals surface area contributed by atoms with E-state index in [2.05, 4.69) is 4.98 Å². The summed E-state index contributed by atoms with van der Waals surface area (Å²) in [7, 11) is -3.45. The standard InChI is InChI=1S/C22H19FN2O2S/c1-13-9-16(24)4-6-18(13)14-3-8-21-15(10-14)11-22(25-21)19-7-5-17(12-20(19)23)28(2,26)27/h3-12,25H,24H2,1-2H3. The molecule has 0 aliphatic rings. The van der Waals surface area contributed by atoms with E-state index in [1.165, 1.54) is 12.1 Å². The van der Waals surface area contributed by atoms with Gasteiger partial charge in [-0.25, -0.2) is 12.8 Å². The minimum Gasteiger partial charge on any atom is -0.399 e. The van der Waals surface area contributed by atoms with Crippen molar-refractivity contribution in [1.29, 1.82) is 0 Å². The molecule has 3 N–H and O–H groups in total. The molecule has 0 atom stereocenters. The summed E-state index contributed by atoms with van der Waals surface area (Å²) in [6, 6.07) is 17.6. The van der Waals surface area contributed by atoms with E-state index in [1.807, 2.05) is 49.4 Å². The minimum absolute atomic E-state index is 0.0361. The number of benzene rings is 3. The monoisotopic (exact) mass is 394 g/mol. The summed E-state index contributed by atoms with van der Waals surface area (Å²) in [5, 5.41) is 0.940. The number of halogens is 1. The van der Waals surface area contributed by atoms with Crippen LogP contribution in [0.5, 0.6) is 0 Å². The fourth-order valence-corrected chi connectivity index (χ4v) is 4.03. The van der Waals surface area contributed by atoms with E-state index in [0.29, 0.717) is 11.3 Å². The SMILES string of the molecule is Cc1cc(N)ccc1-c1ccc2[nH]c(-c3ccc(S(C)(=O)=O)cc3F)cc2c1. The fourth-order valence-electron chi connectivity index (χ4n) is 3.40. The fraction of sp³-hybridized carbons (Fsp3) is 0.0909. The van der Waals surface area contributed by atoms with Crippen molar-refractivity contribution >= 4 is 26.4 Å². The van der Waals surface area contributed by atoms with Gasteiger partial charge in [0, 0.05) is 34.1 Å². The summed E-state index contributed by atoms with van der Waals surface area (Å²) in [5.74, 6) is -0.580. The second-order valence-corrected chi connectivity index (χ2v) is 8.99. The molecule has 0 radical (unpaired) electrons. The third-order valence-corrected chi connectivity index (χ3v) is 5.95. The molecule has 0 aliphatic carbocycles. The molecule has 0 bridgehead atoms. The number of aryl methyl sites for hydroxylation is 1. The van der Waals surface area contributed by atoms with Crippen LogP contribution in [-0.4, -0.2) is 19.7 Å². The molecule has 0 fully saturated rings. The second-order valence-electron chi connectivity index (χ2n) is 6.97. The van der Waals surface area contributed by atoms with Gasteiger partial charge >= 0.3 is 0 Å². The van der Waals surface area contributed by atoms with Gasteiger partial charge in [-0.1, -0.05) is 12.1 Å². The van der Waals surface area contributed by atoms with Gasteiger partial charge in [0.05, 0.1) is 4.90 Å². The number of aromatic amines is 1. The smallest absolute Gasteiger partial charge is 0.175 e. The van der Waals surface area contributed by atoms with Crippen LogP contribution in [0.15, 0.2) is 65.6 Å². The van der Waals surface area contributed by atoms with E-state index in [0.717, 1.165) is 45.6 Å². The zero-order chi connectivity index (χ0) is 20.1. The average molecular weight is 394 g/mol. The highest BCUT2D eigenvalue weighted by molar-refractivity contribution is 7.90. The van der Waals surface area contributed by atoms with Crippen molar-refractivity contribution in [2.24, 2.45) is 0 Å². The Hall–Kier alpha value is -3.12. The maximum Gasteiger partial charge on any atom is 0.175 e. The third-order valence-electron chi connectivity index (χ3n) is 4.84. The molecule has 1 heterocycles. The molecular weight excluding hydrogens is 375 g/mol. The Balaban J connectivity index is 1.79. The van der Waals surface area contributed by atoms with Gasteiger partial charge in [0.15, 0.2) is 9.84 Å². The van der Waals surface area contributed by atoms with Crippen molar-refractivity contribution in [3.63, 3.8) is 0 Å². The van der Waals surface area contributed by atoms with Gasteiger partial charge in [-0.2, -0.15) is 0 Å². The Morgan fingerprint density at radius 2 is 1.68 bits per heavy atom. The number of nitrogens with two attached hydrogens (primary N) is 1. The van der Waals surface area contributed by atoms with Gasteiger partial charge in [-0.05, 0) is 72.1 Å². The number of hydrogen-bond donors (Lipinski definition) is 2. The lowest BCUT2D eigenvalue weighted by Crippen LogP contribution is -1.98. The van der Waals surface area contributed by atoms with Crippen LogP contribution < -0.4 is 5.73 Å². The van der Waals surface area contributed by atoms with E-state index in [1.54, 1.807) is 0 Å². The molecule has 142 valence electrons. The average Bonchev–Trinajstić information content (AvgIpc) is 3.03. The first-order valence-electron chi connectivity index (χ1n) is 8.71. The van der Waals surface area contributed by atoms with Crippen LogP contribution in [0, 0.1) is 12.7 Å². The first-order valence-corrected chi connectivity index (χ1v) is 10.6. The van der Waals surface area contributed by atoms with Crippen molar-refractivity contribution in [1.82, 2.24) is 4.98 Å². The van der Waals surface area contributed by atoms with Crippen molar-refractivity contribution in [3.05, 3.63) is 72.0 Å². The second kappa shape index (κ2) is 6.49. The van der Waals surface area contributed by atoms with Gasteiger partial charge in [-0.3, -0.25) is 0 Å². The number of hydrogen-bond acceptors (Lipinski definition) is 3. The lowest BCUT2D eigenvalue weighted by Gasteiger charge is -2.07. The molecule has 0 saturated heterocycles. The molecule has 28 heavy (non-hydrogen) atoms. The molecule has 3 aromatic carbocycles. The minimum atomic E-state index is -3.45. The van der Waals surface area contributed by atoms with Gasteiger partial charge in [-0.15, -0.1) is 0 Å². The van der Waals surface area contributed by atoms with Gasteiger partial charge in [0.25, 0.3) is 0 Å². The first-order chi connectivity index (χ1) is 13.2. The Morgan fingerprint density at radius 1 is 0.929 bits per heavy atom. The van der Waals surface area contributed by atoms with Crippen molar-refractivity contribution in [2.75, 3.05) is 12.0 Å². The molecule has 0 saturated carbocycles. The molecule has 6 heteroatoms. The number of aromatic nitrogens is 1. The summed E-state index contributed by atoms with van der Waals surface area (Å²) in [6.07, 6.45) is 1.06. The summed E-state index contributed by atoms with van der Waals surface area (Å²) >= 11 is 0. The summed E-state index contributed by atoms with van der Waals surface area (Å²) in [5.41, 5.74) is 11.6. The predicted molar refractivity (Wildman–Crippen MR) is 111 cm³/mol. The highest BCUT2D eigenvalue weighted by Gasteiger charge is 2.14. The number of fused-ring (bicyclic) bond motifs is 1. The summed E-state index contributed by atoms with van der Waals surface area (Å²) in [6.45, 7) is 2.01. The Kier molecular flexibility index (Phi) is 4.23. The van der Waals surface area contributed by atoms with Gasteiger partial charge < -0.3 is 10.7 Å². The van der Waals surface area contributed by atoms with Crippen LogP contribution in [-0.2, 0) is 9.84 Å². The van der Waals surface area contributed by atoms with E-state index in [9.17, 15) is 12.8 Å². The number of anilines is 1. The van der Waals surface area contributed by atoms with Crippen LogP contribution in [0.4, 0.5) is 10.1 Å². The Morgan fingerprint density at radius 3 is 2.36 bits per heavy atom. The largest absolute Gasteiger partial charge is 0.399 e. The highest BCUT2D eigenvalue weighted by atomic mass is 32.2. The molecule has 0 aliphatic heterocycles. The molecule has 4 rings (SSSR count). The molecule has 0 spiro atoms. The zero-order valence-electron chi connectivity index (χ0n) is 15.5. The number of sulfone groups is 1. The van der Waals surface area contributed by atoms with Gasteiger partial charge in [0.2, 0.25) is 0 Å². The molecule has 0 unspecified atom stereocenters. The molecule has 1 aromatic heterocycles. The third kappa shape index (κ3) is 3.27. The van der Waals surface area contributed by atoms with E-state index in [-0.39, 0.29) is 4.90 Å². The maximum atomic E-state index is 14.5. The summed E-state index contributed by atoms with van der Waals surface area (Å²) < 4.78 is 37.8. The first kappa shape index (κ1) is 18.3. The topological polar surface area (TPSA) is 76.0 Å². The lowest BCUT2D eigenvalue weighted by molar-refractivity contribution is 0.596. The predicted octanol–water partition coefficient (Wildman–Crippen LogP) is 4.94. The van der Waals surface area contributed by atoms with Crippen molar-refractivity contribution in [2.45, 2.75) is 11.8 Å². The van der Waals surface area contributed by atoms with Gasteiger partial charge in [0.1, 0.15) is 5.82 Å². The van der Waals surface area contributed by atoms with Crippen LogP contribution in [0.1, 0.15) is 5.56 Å². The Labute approximate surface area is 162 Å². The molecule has 0 amide bonds. The zero-order valence-corrected chi connectivity index (χ0v) is 16.3. The van der Waals surface area contributed by atoms with Crippen LogP contribution >= 0.6 is 0 Å². The van der Waals surface area contributed by atoms with Crippen molar-refractivity contribution in [3.8, 4) is 22.4 Å². The summed E-state index contributed by atoms with van der Waals surface area (Å²) in [4.78, 5) is 3.17. The lowest BCUT2D eigenvalue weighted by atomic mass is 9.99.